The van der Waals surface area contributed by atoms with Crippen LogP contribution in [0.1, 0.15) is 30.0 Å². The van der Waals surface area contributed by atoms with Crippen molar-refractivity contribution in [2.24, 2.45) is 0 Å². The summed E-state index contributed by atoms with van der Waals surface area (Å²) in [5, 5.41) is 4.29. The maximum absolute atomic E-state index is 12.6. The predicted molar refractivity (Wildman–Crippen MR) is 88.0 cm³/mol. The number of hydrogen-bond donors (Lipinski definition) is 1. The Bertz CT molecular complexity index is 793. The SMILES string of the molecule is Cc1ccc(S(=O)(=O)Nc2cnn(C3CCOCC3)c2)c(C)c1. The molecule has 0 unspecified atom stereocenters. The van der Waals surface area contributed by atoms with Gasteiger partial charge >= 0.3 is 0 Å². The van der Waals surface area contributed by atoms with Crippen LogP contribution in [0.5, 0.6) is 0 Å². The van der Waals surface area contributed by atoms with Crippen molar-refractivity contribution in [3.8, 4) is 0 Å². The fourth-order valence-electron chi connectivity index (χ4n) is 2.85. The first-order chi connectivity index (χ1) is 11.0. The largest absolute Gasteiger partial charge is 0.381 e. The number of rotatable bonds is 4. The molecule has 1 aromatic heterocycles. The summed E-state index contributed by atoms with van der Waals surface area (Å²) in [6.45, 7) is 5.17. The summed E-state index contributed by atoms with van der Waals surface area (Å²) in [6, 6.07) is 5.56. The van der Waals surface area contributed by atoms with Crippen LogP contribution in [0.2, 0.25) is 0 Å². The molecule has 124 valence electrons. The number of hydrogen-bond acceptors (Lipinski definition) is 4. The highest BCUT2D eigenvalue weighted by molar-refractivity contribution is 7.92. The Morgan fingerprint density at radius 2 is 2.00 bits per heavy atom. The number of aromatic nitrogens is 2. The molecule has 6 nitrogen and oxygen atoms in total. The number of ether oxygens (including phenoxy) is 1. The second-order valence-corrected chi connectivity index (χ2v) is 7.58. The zero-order valence-electron chi connectivity index (χ0n) is 13.3. The highest BCUT2D eigenvalue weighted by Crippen LogP contribution is 2.24. The van der Waals surface area contributed by atoms with Gasteiger partial charge in [-0.25, -0.2) is 8.42 Å². The number of anilines is 1. The molecule has 2 aromatic rings. The molecular formula is C16H21N3O3S. The standard InChI is InChI=1S/C16H21N3O3S/c1-12-3-4-16(13(2)9-12)23(20,21)18-14-10-17-19(11-14)15-5-7-22-8-6-15/h3-4,9-11,15,18H,5-8H2,1-2H3. The molecule has 0 bridgehead atoms. The number of nitrogens with one attached hydrogen (secondary N) is 1. The summed E-state index contributed by atoms with van der Waals surface area (Å²) in [6.07, 6.45) is 5.09. The summed E-state index contributed by atoms with van der Waals surface area (Å²) in [7, 11) is -3.61. The Morgan fingerprint density at radius 1 is 1.26 bits per heavy atom. The van der Waals surface area contributed by atoms with Gasteiger partial charge in [-0.3, -0.25) is 9.40 Å². The first-order valence-corrected chi connectivity index (χ1v) is 9.16. The molecule has 1 aromatic carbocycles. The van der Waals surface area contributed by atoms with E-state index in [0.29, 0.717) is 23.8 Å². The molecule has 0 aliphatic carbocycles. The zero-order chi connectivity index (χ0) is 16.4. The van der Waals surface area contributed by atoms with Gasteiger partial charge in [-0.05, 0) is 38.3 Å². The molecule has 0 amide bonds. The lowest BCUT2D eigenvalue weighted by Crippen LogP contribution is -2.20. The fourth-order valence-corrected chi connectivity index (χ4v) is 4.11. The van der Waals surface area contributed by atoms with E-state index in [1.165, 1.54) is 0 Å². The average Bonchev–Trinajstić information content (AvgIpc) is 2.95. The van der Waals surface area contributed by atoms with Crippen LogP contribution in [0.4, 0.5) is 5.69 Å². The van der Waals surface area contributed by atoms with Gasteiger partial charge in [0.05, 0.1) is 22.8 Å². The van der Waals surface area contributed by atoms with Gasteiger partial charge in [0.2, 0.25) is 0 Å². The summed E-state index contributed by atoms with van der Waals surface area (Å²) < 4.78 is 34.9. The monoisotopic (exact) mass is 335 g/mol. The Hall–Kier alpha value is -1.86. The third kappa shape index (κ3) is 3.56. The molecule has 1 N–H and O–H groups in total. The second kappa shape index (κ2) is 6.33. The van der Waals surface area contributed by atoms with Crippen LogP contribution < -0.4 is 4.72 Å². The summed E-state index contributed by atoms with van der Waals surface area (Å²) >= 11 is 0. The van der Waals surface area contributed by atoms with Crippen molar-refractivity contribution < 1.29 is 13.2 Å². The molecule has 1 fully saturated rings. The Kier molecular flexibility index (Phi) is 4.41. The van der Waals surface area contributed by atoms with Crippen LogP contribution in [0.3, 0.4) is 0 Å². The molecule has 0 saturated carbocycles. The van der Waals surface area contributed by atoms with Crippen molar-refractivity contribution in [2.45, 2.75) is 37.6 Å². The number of benzene rings is 1. The van der Waals surface area contributed by atoms with Crippen molar-refractivity contribution in [1.82, 2.24) is 9.78 Å². The molecular weight excluding hydrogens is 314 g/mol. The normalized spacial score (nSPS) is 16.4. The topological polar surface area (TPSA) is 73.2 Å². The first-order valence-electron chi connectivity index (χ1n) is 7.68. The Labute approximate surface area is 136 Å². The van der Waals surface area contributed by atoms with Gasteiger partial charge in [0.15, 0.2) is 0 Å². The van der Waals surface area contributed by atoms with E-state index in [4.69, 9.17) is 4.74 Å². The van der Waals surface area contributed by atoms with Gasteiger partial charge < -0.3 is 4.74 Å². The maximum Gasteiger partial charge on any atom is 0.262 e. The molecule has 3 rings (SSSR count). The molecule has 1 saturated heterocycles. The molecule has 0 atom stereocenters. The maximum atomic E-state index is 12.6. The number of sulfonamides is 1. The number of nitrogens with zero attached hydrogens (tertiary/aromatic N) is 2. The van der Waals surface area contributed by atoms with Crippen molar-refractivity contribution in [2.75, 3.05) is 17.9 Å². The molecule has 0 spiro atoms. The van der Waals surface area contributed by atoms with Gasteiger partial charge in [0, 0.05) is 19.4 Å². The van der Waals surface area contributed by atoms with Crippen molar-refractivity contribution >= 4 is 15.7 Å². The lowest BCUT2D eigenvalue weighted by Gasteiger charge is -2.22. The number of aryl methyl sites for hydroxylation is 2. The minimum absolute atomic E-state index is 0.267. The zero-order valence-corrected chi connectivity index (χ0v) is 14.1. The van der Waals surface area contributed by atoms with Crippen LogP contribution >= 0.6 is 0 Å². The quantitative estimate of drug-likeness (QED) is 0.932. The molecule has 23 heavy (non-hydrogen) atoms. The third-order valence-electron chi connectivity index (χ3n) is 4.04. The van der Waals surface area contributed by atoms with Crippen LogP contribution in [0.25, 0.3) is 0 Å². The van der Waals surface area contributed by atoms with E-state index < -0.39 is 10.0 Å². The van der Waals surface area contributed by atoms with E-state index in [2.05, 4.69) is 9.82 Å². The van der Waals surface area contributed by atoms with Crippen molar-refractivity contribution in [1.29, 1.82) is 0 Å². The van der Waals surface area contributed by atoms with E-state index in [1.807, 2.05) is 17.7 Å². The van der Waals surface area contributed by atoms with Crippen molar-refractivity contribution in [3.63, 3.8) is 0 Å². The smallest absolute Gasteiger partial charge is 0.262 e. The van der Waals surface area contributed by atoms with E-state index in [9.17, 15) is 8.42 Å². The van der Waals surface area contributed by atoms with Gasteiger partial charge in [-0.15, -0.1) is 0 Å². The van der Waals surface area contributed by atoms with Gasteiger partial charge in [-0.2, -0.15) is 5.10 Å². The summed E-state index contributed by atoms with van der Waals surface area (Å²) in [5.41, 5.74) is 2.25. The highest BCUT2D eigenvalue weighted by atomic mass is 32.2. The molecule has 7 heteroatoms. The van der Waals surface area contributed by atoms with E-state index in [-0.39, 0.29) is 6.04 Å². The lowest BCUT2D eigenvalue weighted by molar-refractivity contribution is 0.0662. The van der Waals surface area contributed by atoms with E-state index in [1.54, 1.807) is 31.5 Å². The average molecular weight is 335 g/mol. The Morgan fingerprint density at radius 3 is 2.70 bits per heavy atom. The van der Waals surface area contributed by atoms with E-state index >= 15 is 0 Å². The van der Waals surface area contributed by atoms with Crippen LogP contribution in [-0.4, -0.2) is 31.4 Å². The van der Waals surface area contributed by atoms with Crippen LogP contribution in [0, 0.1) is 13.8 Å². The molecule has 1 aliphatic heterocycles. The predicted octanol–water partition coefficient (Wildman–Crippen LogP) is 2.65. The summed E-state index contributed by atoms with van der Waals surface area (Å²) in [5.74, 6) is 0. The van der Waals surface area contributed by atoms with Crippen molar-refractivity contribution in [3.05, 3.63) is 41.7 Å². The van der Waals surface area contributed by atoms with Gasteiger partial charge in [0.25, 0.3) is 10.0 Å². The second-order valence-electron chi connectivity index (χ2n) is 5.93. The molecule has 0 radical (unpaired) electrons. The molecule has 2 heterocycles. The summed E-state index contributed by atoms with van der Waals surface area (Å²) in [4.78, 5) is 0.293. The van der Waals surface area contributed by atoms with Crippen LogP contribution in [0.15, 0.2) is 35.5 Å². The lowest BCUT2D eigenvalue weighted by atomic mass is 10.1. The minimum Gasteiger partial charge on any atom is -0.381 e. The third-order valence-corrected chi connectivity index (χ3v) is 5.58. The Balaban J connectivity index is 1.79. The minimum atomic E-state index is -3.61. The van der Waals surface area contributed by atoms with Gasteiger partial charge in [0.1, 0.15) is 0 Å². The van der Waals surface area contributed by atoms with Crippen LogP contribution in [-0.2, 0) is 14.8 Å². The first kappa shape index (κ1) is 16.0. The molecule has 1 aliphatic rings. The fraction of sp³-hybridized carbons (Fsp3) is 0.438. The van der Waals surface area contributed by atoms with E-state index in [0.717, 1.165) is 24.0 Å². The highest BCUT2D eigenvalue weighted by Gasteiger charge is 2.20. The van der Waals surface area contributed by atoms with Gasteiger partial charge in [-0.1, -0.05) is 17.7 Å².